The molecule has 0 rings (SSSR count). The van der Waals surface area contributed by atoms with Gasteiger partial charge in [0.1, 0.15) is 12.1 Å². The molecule has 0 aliphatic carbocycles. The lowest BCUT2D eigenvalue weighted by atomic mass is 10.0. The van der Waals surface area contributed by atoms with E-state index in [1.165, 1.54) is 167 Å². The molecule has 4 N–H and O–H groups in total. The third kappa shape index (κ3) is 39.2. The fourth-order valence-electron chi connectivity index (χ4n) is 6.61. The van der Waals surface area contributed by atoms with Crippen LogP contribution in [0.2, 0.25) is 0 Å². The summed E-state index contributed by atoms with van der Waals surface area (Å²) in [5.41, 5.74) is 5.36. The van der Waals surface area contributed by atoms with Crippen LogP contribution in [0, 0.1) is 0 Å². The number of aliphatic carboxylic acids is 1. The number of nitrogens with two attached hydrogens (primary N) is 1. The van der Waals surface area contributed by atoms with Gasteiger partial charge in [-0.25, -0.2) is 4.57 Å². The van der Waals surface area contributed by atoms with E-state index in [9.17, 15) is 19.0 Å². The van der Waals surface area contributed by atoms with Crippen LogP contribution in [0.3, 0.4) is 0 Å². The number of carbonyl (C=O) groups excluding carboxylic acids is 1. The van der Waals surface area contributed by atoms with Gasteiger partial charge in [-0.15, -0.1) is 0 Å². The Labute approximate surface area is 331 Å². The smallest absolute Gasteiger partial charge is 0.472 e. The molecule has 0 aliphatic rings. The Morgan fingerprint density at radius 3 is 1.22 bits per heavy atom. The van der Waals surface area contributed by atoms with E-state index in [0.717, 1.165) is 38.5 Å². The van der Waals surface area contributed by atoms with Crippen molar-refractivity contribution in [2.45, 2.75) is 238 Å². The average Bonchev–Trinajstić information content (AvgIpc) is 3.15. The molecule has 11 heteroatoms. The molecule has 0 fully saturated rings. The Hall–Kier alpha value is -1.03. The monoisotopic (exact) mass is 792 g/mol. The number of phosphoric ester groups is 1. The first-order valence-electron chi connectivity index (χ1n) is 22.6. The van der Waals surface area contributed by atoms with Gasteiger partial charge in [0.25, 0.3) is 0 Å². The van der Waals surface area contributed by atoms with Crippen LogP contribution in [0.4, 0.5) is 0 Å². The highest BCUT2D eigenvalue weighted by Gasteiger charge is 2.27. The van der Waals surface area contributed by atoms with E-state index in [0.29, 0.717) is 6.61 Å². The quantitative estimate of drug-likeness (QED) is 0.0308. The summed E-state index contributed by atoms with van der Waals surface area (Å²) in [6.07, 6.45) is 40.1. The zero-order valence-corrected chi connectivity index (χ0v) is 36.0. The topological polar surface area (TPSA) is 155 Å². The van der Waals surface area contributed by atoms with Gasteiger partial charge in [-0.3, -0.25) is 18.6 Å². The summed E-state index contributed by atoms with van der Waals surface area (Å²) in [6, 6.07) is -1.47. The summed E-state index contributed by atoms with van der Waals surface area (Å²) >= 11 is 0. The van der Waals surface area contributed by atoms with Crippen molar-refractivity contribution in [3.05, 3.63) is 0 Å². The Morgan fingerprint density at radius 2 is 0.852 bits per heavy atom. The molecule has 0 saturated heterocycles. The molecule has 0 bridgehead atoms. The van der Waals surface area contributed by atoms with E-state index in [4.69, 9.17) is 29.4 Å². The summed E-state index contributed by atoms with van der Waals surface area (Å²) < 4.78 is 33.4. The van der Waals surface area contributed by atoms with Gasteiger partial charge in [0.15, 0.2) is 0 Å². The highest BCUT2D eigenvalue weighted by atomic mass is 31.2. The molecule has 322 valence electrons. The molecule has 10 nitrogen and oxygen atoms in total. The first kappa shape index (κ1) is 53.0. The van der Waals surface area contributed by atoms with Crippen LogP contribution in [0.1, 0.15) is 226 Å². The number of esters is 1. The molecule has 0 aromatic carbocycles. The maximum absolute atomic E-state index is 12.6. The van der Waals surface area contributed by atoms with Crippen LogP contribution < -0.4 is 5.73 Å². The second-order valence-electron chi connectivity index (χ2n) is 15.5. The summed E-state index contributed by atoms with van der Waals surface area (Å²) in [4.78, 5) is 33.5. The van der Waals surface area contributed by atoms with E-state index in [1.807, 2.05) is 0 Å². The van der Waals surface area contributed by atoms with Gasteiger partial charge in [-0.1, -0.05) is 206 Å². The molecule has 0 aliphatic heterocycles. The molecule has 3 atom stereocenters. The minimum atomic E-state index is -4.61. The van der Waals surface area contributed by atoms with E-state index in [-0.39, 0.29) is 13.0 Å². The van der Waals surface area contributed by atoms with E-state index >= 15 is 0 Å². The fraction of sp³-hybridized carbons (Fsp3) is 0.953. The molecule has 0 saturated carbocycles. The van der Waals surface area contributed by atoms with Crippen molar-refractivity contribution in [2.75, 3.05) is 26.4 Å². The number of carboxylic acid groups (broad SMARTS) is 1. The lowest BCUT2D eigenvalue weighted by Gasteiger charge is -2.20. The maximum Gasteiger partial charge on any atom is 0.472 e. The maximum atomic E-state index is 12.6. The number of hydrogen-bond acceptors (Lipinski definition) is 8. The van der Waals surface area contributed by atoms with Crippen molar-refractivity contribution in [3.63, 3.8) is 0 Å². The van der Waals surface area contributed by atoms with E-state index < -0.39 is 45.1 Å². The third-order valence-electron chi connectivity index (χ3n) is 10.1. The summed E-state index contributed by atoms with van der Waals surface area (Å²) in [6.45, 7) is 3.93. The van der Waals surface area contributed by atoms with Crippen LogP contribution >= 0.6 is 7.82 Å². The fourth-order valence-corrected chi connectivity index (χ4v) is 7.38. The average molecular weight is 792 g/mol. The Kier molecular flexibility index (Phi) is 39.4. The van der Waals surface area contributed by atoms with Gasteiger partial charge >= 0.3 is 19.8 Å². The molecular weight excluding hydrogens is 705 g/mol. The standard InChI is InChI=1S/C43H86NO9P/c1-3-5-7-9-11-13-15-17-19-20-21-22-24-26-28-30-32-34-36-50-37-40(38-51-54(48,49)52-39-41(44)43(46)47)53-42(45)35-33-31-29-27-25-23-18-16-14-12-10-8-6-4-2/h40-41H,3-39,44H2,1-2H3,(H,46,47)(H,48,49)/t40-,41+/m1/s1. The van der Waals surface area contributed by atoms with Crippen molar-refractivity contribution in [1.82, 2.24) is 0 Å². The second kappa shape index (κ2) is 40.2. The third-order valence-corrected chi connectivity index (χ3v) is 11.1. The number of ether oxygens (including phenoxy) is 2. The Balaban J connectivity index is 4.15. The van der Waals surface area contributed by atoms with Gasteiger partial charge in [0.2, 0.25) is 0 Å². The minimum absolute atomic E-state index is 0.0259. The first-order valence-corrected chi connectivity index (χ1v) is 24.1. The molecule has 0 radical (unpaired) electrons. The van der Waals surface area contributed by atoms with Crippen LogP contribution in [-0.4, -0.2) is 60.5 Å². The number of rotatable bonds is 44. The van der Waals surface area contributed by atoms with Crippen molar-refractivity contribution in [3.8, 4) is 0 Å². The lowest BCUT2D eigenvalue weighted by molar-refractivity contribution is -0.154. The highest BCUT2D eigenvalue weighted by Crippen LogP contribution is 2.43. The number of hydrogen-bond donors (Lipinski definition) is 3. The van der Waals surface area contributed by atoms with Gasteiger partial charge in [-0.2, -0.15) is 0 Å². The van der Waals surface area contributed by atoms with Crippen LogP contribution in [0.25, 0.3) is 0 Å². The predicted octanol–water partition coefficient (Wildman–Crippen LogP) is 12.4. The first-order chi connectivity index (χ1) is 26.2. The molecule has 0 aromatic rings. The SMILES string of the molecule is CCCCCCCCCCCCCCCCCCCCOC[C@H](COP(=O)(O)OC[C@H](N)C(=O)O)OC(=O)CCCCCCCCCCCCCCCC. The van der Waals surface area contributed by atoms with Crippen molar-refractivity contribution < 1.29 is 42.7 Å². The molecule has 0 heterocycles. The van der Waals surface area contributed by atoms with E-state index in [1.54, 1.807) is 0 Å². The van der Waals surface area contributed by atoms with Crippen molar-refractivity contribution >= 4 is 19.8 Å². The van der Waals surface area contributed by atoms with Gasteiger partial charge in [-0.05, 0) is 12.8 Å². The summed E-state index contributed by atoms with van der Waals surface area (Å²) in [5, 5.41) is 8.89. The second-order valence-corrected chi connectivity index (χ2v) is 17.0. The van der Waals surface area contributed by atoms with Crippen molar-refractivity contribution in [1.29, 1.82) is 0 Å². The lowest BCUT2D eigenvalue weighted by Crippen LogP contribution is -2.34. The molecule has 0 amide bonds. The number of unbranched alkanes of at least 4 members (excludes halogenated alkanes) is 30. The number of carbonyl (C=O) groups is 2. The Bertz CT molecular complexity index is 878. The van der Waals surface area contributed by atoms with Gasteiger partial charge < -0.3 is 25.2 Å². The zero-order chi connectivity index (χ0) is 39.8. The Morgan fingerprint density at radius 1 is 0.519 bits per heavy atom. The van der Waals surface area contributed by atoms with Crippen LogP contribution in [0.15, 0.2) is 0 Å². The van der Waals surface area contributed by atoms with Gasteiger partial charge in [0.05, 0.1) is 19.8 Å². The number of phosphoric acid groups is 1. The molecule has 54 heavy (non-hydrogen) atoms. The number of carboxylic acids is 1. The molecular formula is C43H86NO9P. The van der Waals surface area contributed by atoms with E-state index in [2.05, 4.69) is 13.8 Å². The molecule has 0 spiro atoms. The van der Waals surface area contributed by atoms with Crippen LogP contribution in [-0.2, 0) is 32.7 Å². The summed E-state index contributed by atoms with van der Waals surface area (Å²) in [7, 11) is -4.61. The van der Waals surface area contributed by atoms with Crippen LogP contribution in [0.5, 0.6) is 0 Å². The normalized spacial score (nSPS) is 13.9. The van der Waals surface area contributed by atoms with Crippen molar-refractivity contribution in [2.24, 2.45) is 5.73 Å². The van der Waals surface area contributed by atoms with Gasteiger partial charge in [0, 0.05) is 13.0 Å². The largest absolute Gasteiger partial charge is 0.480 e. The molecule has 1 unspecified atom stereocenters. The zero-order valence-electron chi connectivity index (χ0n) is 35.1. The highest BCUT2D eigenvalue weighted by molar-refractivity contribution is 7.47. The molecule has 0 aromatic heterocycles. The minimum Gasteiger partial charge on any atom is -0.480 e. The predicted molar refractivity (Wildman–Crippen MR) is 222 cm³/mol. The summed E-state index contributed by atoms with van der Waals surface area (Å²) in [5.74, 6) is -1.76.